The molecule has 7 heteroatoms. The zero-order valence-corrected chi connectivity index (χ0v) is 18.0. The van der Waals surface area contributed by atoms with E-state index < -0.39 is 32.5 Å². The second-order valence-corrected chi connectivity index (χ2v) is 9.94. The van der Waals surface area contributed by atoms with Gasteiger partial charge in [0, 0.05) is 0 Å². The standard InChI is InChI=1S/C23H23FO5S/c1-15-19(22(25)29-23(2,3)4)14-20(28-15)21(16-8-6-5-7-9-16)30(26,27)18-12-10-17(24)11-13-18/h5-14,21H,1-4H3. The third kappa shape index (κ3) is 4.62. The van der Waals surface area contributed by atoms with Gasteiger partial charge in [-0.25, -0.2) is 17.6 Å². The molecule has 0 N–H and O–H groups in total. The number of hydrogen-bond donors (Lipinski definition) is 0. The van der Waals surface area contributed by atoms with Crippen molar-refractivity contribution in [2.45, 2.75) is 43.4 Å². The summed E-state index contributed by atoms with van der Waals surface area (Å²) in [6.07, 6.45) is 0. The van der Waals surface area contributed by atoms with Crippen molar-refractivity contribution in [3.8, 4) is 0 Å². The highest BCUT2D eigenvalue weighted by molar-refractivity contribution is 7.91. The summed E-state index contributed by atoms with van der Waals surface area (Å²) in [5, 5.41) is -1.21. The number of sulfone groups is 1. The molecule has 0 aliphatic heterocycles. The number of benzene rings is 2. The highest BCUT2D eigenvalue weighted by Gasteiger charge is 2.35. The van der Waals surface area contributed by atoms with Crippen LogP contribution in [0.25, 0.3) is 0 Å². The molecule has 0 saturated carbocycles. The van der Waals surface area contributed by atoms with Crippen molar-refractivity contribution in [1.82, 2.24) is 0 Å². The molecule has 0 spiro atoms. The summed E-state index contributed by atoms with van der Waals surface area (Å²) >= 11 is 0. The Morgan fingerprint density at radius 1 is 1.03 bits per heavy atom. The van der Waals surface area contributed by atoms with Gasteiger partial charge >= 0.3 is 5.97 Å². The fourth-order valence-electron chi connectivity index (χ4n) is 3.05. The first-order valence-corrected chi connectivity index (χ1v) is 10.9. The monoisotopic (exact) mass is 430 g/mol. The maximum atomic E-state index is 13.5. The van der Waals surface area contributed by atoms with Crippen LogP contribution >= 0.6 is 0 Å². The number of hydrogen-bond acceptors (Lipinski definition) is 5. The summed E-state index contributed by atoms with van der Waals surface area (Å²) in [4.78, 5) is 12.5. The number of esters is 1. The molecule has 30 heavy (non-hydrogen) atoms. The van der Waals surface area contributed by atoms with Gasteiger partial charge in [-0.1, -0.05) is 30.3 Å². The van der Waals surface area contributed by atoms with Crippen LogP contribution in [0.1, 0.15) is 53.5 Å². The van der Waals surface area contributed by atoms with Crippen LogP contribution in [0.3, 0.4) is 0 Å². The zero-order valence-electron chi connectivity index (χ0n) is 17.2. The van der Waals surface area contributed by atoms with Crippen LogP contribution in [0.4, 0.5) is 4.39 Å². The van der Waals surface area contributed by atoms with E-state index in [9.17, 15) is 17.6 Å². The van der Waals surface area contributed by atoms with Gasteiger partial charge in [0.25, 0.3) is 0 Å². The fraction of sp³-hybridized carbons (Fsp3) is 0.261. The third-order valence-corrected chi connectivity index (χ3v) is 6.42. The van der Waals surface area contributed by atoms with Crippen molar-refractivity contribution >= 4 is 15.8 Å². The summed E-state index contributed by atoms with van der Waals surface area (Å²) in [5.41, 5.74) is -0.0820. The van der Waals surface area contributed by atoms with Gasteiger partial charge in [0.15, 0.2) is 9.84 Å². The molecule has 1 atom stereocenters. The Kier molecular flexibility index (Phi) is 5.85. The third-order valence-electron chi connectivity index (χ3n) is 4.37. The number of ether oxygens (including phenoxy) is 1. The van der Waals surface area contributed by atoms with Gasteiger partial charge in [0.1, 0.15) is 33.8 Å². The molecule has 0 aliphatic carbocycles. The number of aryl methyl sites for hydroxylation is 1. The van der Waals surface area contributed by atoms with E-state index in [1.54, 1.807) is 58.0 Å². The van der Waals surface area contributed by atoms with E-state index in [4.69, 9.17) is 9.15 Å². The number of carbonyl (C=O) groups is 1. The lowest BCUT2D eigenvalue weighted by Crippen LogP contribution is -2.24. The van der Waals surface area contributed by atoms with Crippen molar-refractivity contribution in [3.05, 3.63) is 89.1 Å². The molecule has 0 amide bonds. The van der Waals surface area contributed by atoms with Crippen LogP contribution in [0.15, 0.2) is 70.0 Å². The lowest BCUT2D eigenvalue weighted by molar-refractivity contribution is 0.00678. The molecule has 0 aliphatic rings. The van der Waals surface area contributed by atoms with E-state index in [2.05, 4.69) is 0 Å². The number of rotatable bonds is 5. The summed E-state index contributed by atoms with van der Waals surface area (Å²) in [6.45, 7) is 6.81. The topological polar surface area (TPSA) is 73.6 Å². The maximum absolute atomic E-state index is 13.5. The molecule has 3 rings (SSSR count). The van der Waals surface area contributed by atoms with Gasteiger partial charge in [0.2, 0.25) is 0 Å². The van der Waals surface area contributed by atoms with E-state index in [1.165, 1.54) is 18.2 Å². The molecule has 5 nitrogen and oxygen atoms in total. The molecular weight excluding hydrogens is 407 g/mol. The second-order valence-electron chi connectivity index (χ2n) is 7.91. The summed E-state index contributed by atoms with van der Waals surface area (Å²) in [6, 6.07) is 14.5. The second kappa shape index (κ2) is 8.07. The van der Waals surface area contributed by atoms with E-state index in [0.717, 1.165) is 12.1 Å². The molecule has 0 bridgehead atoms. The molecular formula is C23H23FO5S. The minimum atomic E-state index is -4.00. The average Bonchev–Trinajstić information content (AvgIpc) is 3.02. The van der Waals surface area contributed by atoms with Crippen LogP contribution < -0.4 is 0 Å². The minimum Gasteiger partial charge on any atom is -0.464 e. The Morgan fingerprint density at radius 3 is 2.20 bits per heavy atom. The smallest absolute Gasteiger partial charge is 0.342 e. The highest BCUT2D eigenvalue weighted by atomic mass is 32.2. The first kappa shape index (κ1) is 21.8. The van der Waals surface area contributed by atoms with Gasteiger partial charge in [-0.05, 0) is 63.6 Å². The summed E-state index contributed by atoms with van der Waals surface area (Å²) in [7, 11) is -4.00. The molecule has 158 valence electrons. The molecule has 0 fully saturated rings. The average molecular weight is 430 g/mol. The predicted molar refractivity (Wildman–Crippen MR) is 110 cm³/mol. The number of halogens is 1. The molecule has 2 aromatic carbocycles. The van der Waals surface area contributed by atoms with Crippen LogP contribution in [0.2, 0.25) is 0 Å². The van der Waals surface area contributed by atoms with Gasteiger partial charge in [-0.2, -0.15) is 0 Å². The largest absolute Gasteiger partial charge is 0.464 e. The Balaban J connectivity index is 2.12. The van der Waals surface area contributed by atoms with E-state index in [1.807, 2.05) is 0 Å². The SMILES string of the molecule is Cc1oc(C(c2ccccc2)S(=O)(=O)c2ccc(F)cc2)cc1C(=O)OC(C)(C)C. The van der Waals surface area contributed by atoms with E-state index in [0.29, 0.717) is 5.56 Å². The van der Waals surface area contributed by atoms with Crippen molar-refractivity contribution in [2.75, 3.05) is 0 Å². The Hall–Kier alpha value is -2.93. The lowest BCUT2D eigenvalue weighted by Gasteiger charge is -2.19. The Morgan fingerprint density at radius 2 is 1.63 bits per heavy atom. The summed E-state index contributed by atoms with van der Waals surface area (Å²) < 4.78 is 51.4. The molecule has 0 saturated heterocycles. The van der Waals surface area contributed by atoms with Crippen molar-refractivity contribution < 1.29 is 26.8 Å². The Labute approximate surface area is 175 Å². The minimum absolute atomic E-state index is 0.0503. The molecule has 1 heterocycles. The first-order valence-electron chi connectivity index (χ1n) is 9.37. The van der Waals surface area contributed by atoms with E-state index in [-0.39, 0.29) is 22.0 Å². The fourth-order valence-corrected chi connectivity index (χ4v) is 4.78. The highest BCUT2D eigenvalue weighted by Crippen LogP contribution is 2.37. The van der Waals surface area contributed by atoms with Crippen molar-refractivity contribution in [3.63, 3.8) is 0 Å². The lowest BCUT2D eigenvalue weighted by atomic mass is 10.1. The maximum Gasteiger partial charge on any atom is 0.342 e. The van der Waals surface area contributed by atoms with Crippen LogP contribution in [-0.2, 0) is 14.6 Å². The van der Waals surface area contributed by atoms with Gasteiger partial charge in [-0.3, -0.25) is 0 Å². The number of furan rings is 1. The van der Waals surface area contributed by atoms with Gasteiger partial charge in [0.05, 0.1) is 4.90 Å². The molecule has 1 unspecified atom stereocenters. The van der Waals surface area contributed by atoms with Crippen LogP contribution in [-0.4, -0.2) is 20.0 Å². The quantitative estimate of drug-likeness (QED) is 0.408. The van der Waals surface area contributed by atoms with Gasteiger partial charge in [-0.15, -0.1) is 0 Å². The molecule has 0 radical (unpaired) electrons. The van der Waals surface area contributed by atoms with Crippen LogP contribution in [0, 0.1) is 12.7 Å². The van der Waals surface area contributed by atoms with Crippen molar-refractivity contribution in [1.29, 1.82) is 0 Å². The van der Waals surface area contributed by atoms with Crippen LogP contribution in [0.5, 0.6) is 0 Å². The summed E-state index contributed by atoms with van der Waals surface area (Å²) in [5.74, 6) is -0.786. The normalized spacial score (nSPS) is 13.1. The number of carbonyl (C=O) groups excluding carboxylic acids is 1. The predicted octanol–water partition coefficient (Wildman–Crippen LogP) is 5.25. The van der Waals surface area contributed by atoms with E-state index >= 15 is 0 Å². The van der Waals surface area contributed by atoms with Crippen molar-refractivity contribution in [2.24, 2.45) is 0 Å². The molecule has 3 aromatic rings. The van der Waals surface area contributed by atoms with Gasteiger partial charge < -0.3 is 9.15 Å². The first-order chi connectivity index (χ1) is 14.0. The Bertz CT molecular complexity index is 1140. The molecule has 1 aromatic heterocycles. The zero-order chi connectivity index (χ0) is 22.1.